The number of nitrogens with one attached hydrogen (secondary N) is 3. The van der Waals surface area contributed by atoms with Gasteiger partial charge in [-0.15, -0.1) is 0 Å². The minimum absolute atomic E-state index is 0.0425. The van der Waals surface area contributed by atoms with Gasteiger partial charge < -0.3 is 10.3 Å². The monoisotopic (exact) mass is 466 g/mol. The minimum atomic E-state index is -3.38. The lowest BCUT2D eigenvalue weighted by Crippen LogP contribution is -2.49. The number of aromatic nitrogens is 4. The number of rotatable bonds is 7. The van der Waals surface area contributed by atoms with Crippen molar-refractivity contribution in [1.82, 2.24) is 24.7 Å². The minimum Gasteiger partial charge on any atom is -0.363 e. The predicted molar refractivity (Wildman–Crippen MR) is 119 cm³/mol. The Hall–Kier alpha value is -2.30. The first kappa shape index (κ1) is 21.9. The van der Waals surface area contributed by atoms with Gasteiger partial charge in [-0.2, -0.15) is 0 Å². The van der Waals surface area contributed by atoms with Gasteiger partial charge in [0, 0.05) is 35.4 Å². The van der Waals surface area contributed by atoms with E-state index < -0.39 is 15.8 Å². The summed E-state index contributed by atoms with van der Waals surface area (Å²) in [6.45, 7) is 1.82. The normalized spacial score (nSPS) is 19.6. The zero-order valence-corrected chi connectivity index (χ0v) is 18.6. The topological polar surface area (TPSA) is 113 Å². The largest absolute Gasteiger partial charge is 0.363 e. The van der Waals surface area contributed by atoms with Crippen LogP contribution in [-0.2, 0) is 10.0 Å². The fourth-order valence-corrected chi connectivity index (χ4v) is 5.50. The summed E-state index contributed by atoms with van der Waals surface area (Å²) in [7, 11) is -3.38. The molecular formula is C20H24ClFN6O2S. The van der Waals surface area contributed by atoms with Gasteiger partial charge in [0.2, 0.25) is 10.0 Å². The van der Waals surface area contributed by atoms with E-state index in [9.17, 15) is 12.8 Å². The Morgan fingerprint density at radius 2 is 2.00 bits per heavy atom. The van der Waals surface area contributed by atoms with E-state index in [0.29, 0.717) is 41.3 Å². The molecule has 31 heavy (non-hydrogen) atoms. The number of halogens is 2. The highest BCUT2D eigenvalue weighted by Gasteiger charge is 2.29. The van der Waals surface area contributed by atoms with Crippen molar-refractivity contribution in [2.45, 2.75) is 51.1 Å². The summed E-state index contributed by atoms with van der Waals surface area (Å²) >= 11 is 6.07. The molecule has 2 atom stereocenters. The molecule has 0 unspecified atom stereocenters. The van der Waals surface area contributed by atoms with E-state index in [1.54, 1.807) is 12.3 Å². The van der Waals surface area contributed by atoms with Gasteiger partial charge in [0.1, 0.15) is 5.65 Å². The Balaban J connectivity index is 1.61. The van der Waals surface area contributed by atoms with E-state index in [0.717, 1.165) is 24.4 Å². The first-order chi connectivity index (χ1) is 14.9. The number of hydrogen-bond acceptors (Lipinski definition) is 6. The van der Waals surface area contributed by atoms with Crippen molar-refractivity contribution in [3.05, 3.63) is 35.5 Å². The van der Waals surface area contributed by atoms with Crippen molar-refractivity contribution < 1.29 is 12.8 Å². The molecule has 3 heterocycles. The maximum Gasteiger partial charge on any atom is 0.211 e. The van der Waals surface area contributed by atoms with Crippen LogP contribution in [0.3, 0.4) is 0 Å². The molecule has 0 saturated heterocycles. The molecule has 1 fully saturated rings. The van der Waals surface area contributed by atoms with Crippen molar-refractivity contribution in [3.63, 3.8) is 0 Å². The molecule has 1 aliphatic carbocycles. The number of pyridine rings is 1. The number of hydrogen-bond donors (Lipinski definition) is 3. The molecule has 8 nitrogen and oxygen atoms in total. The van der Waals surface area contributed by atoms with Crippen LogP contribution < -0.4 is 10.0 Å². The van der Waals surface area contributed by atoms with E-state index in [2.05, 4.69) is 30.0 Å². The van der Waals surface area contributed by atoms with Gasteiger partial charge in [0.15, 0.2) is 17.5 Å². The number of aromatic amines is 1. The molecule has 0 radical (unpaired) electrons. The summed E-state index contributed by atoms with van der Waals surface area (Å²) in [5.74, 6) is -0.168. The Labute approximate surface area is 185 Å². The molecule has 11 heteroatoms. The van der Waals surface area contributed by atoms with Crippen molar-refractivity contribution in [2.75, 3.05) is 11.1 Å². The molecule has 4 rings (SSSR count). The Bertz CT molecular complexity index is 1190. The second-order valence-electron chi connectivity index (χ2n) is 7.72. The molecular weight excluding hydrogens is 443 g/mol. The predicted octanol–water partition coefficient (Wildman–Crippen LogP) is 3.86. The van der Waals surface area contributed by atoms with Gasteiger partial charge in [-0.25, -0.2) is 32.5 Å². The van der Waals surface area contributed by atoms with Crippen molar-refractivity contribution in [3.8, 4) is 11.4 Å². The highest BCUT2D eigenvalue weighted by Crippen LogP contribution is 2.29. The maximum atomic E-state index is 14.6. The van der Waals surface area contributed by atoms with E-state index in [4.69, 9.17) is 11.6 Å². The molecule has 166 valence electrons. The van der Waals surface area contributed by atoms with Crippen LogP contribution in [0.1, 0.15) is 39.0 Å². The van der Waals surface area contributed by atoms with Gasteiger partial charge in [0.25, 0.3) is 0 Å². The van der Waals surface area contributed by atoms with E-state index in [1.165, 1.54) is 6.20 Å². The Morgan fingerprint density at radius 1 is 1.23 bits per heavy atom. The molecule has 1 saturated carbocycles. The second kappa shape index (κ2) is 9.05. The van der Waals surface area contributed by atoms with Crippen molar-refractivity contribution in [2.24, 2.45) is 0 Å². The average molecular weight is 467 g/mol. The summed E-state index contributed by atoms with van der Waals surface area (Å²) in [4.78, 5) is 15.8. The Morgan fingerprint density at radius 3 is 2.77 bits per heavy atom. The maximum absolute atomic E-state index is 14.6. The van der Waals surface area contributed by atoms with Gasteiger partial charge in [-0.3, -0.25) is 0 Å². The zero-order valence-electron chi connectivity index (χ0n) is 17.0. The van der Waals surface area contributed by atoms with Crippen LogP contribution in [0.2, 0.25) is 5.02 Å². The third-order valence-electron chi connectivity index (χ3n) is 5.37. The fourth-order valence-electron chi connectivity index (χ4n) is 3.94. The van der Waals surface area contributed by atoms with Gasteiger partial charge in [-0.1, -0.05) is 31.4 Å². The highest BCUT2D eigenvalue weighted by molar-refractivity contribution is 7.89. The van der Waals surface area contributed by atoms with Crippen LogP contribution in [0, 0.1) is 5.82 Å². The summed E-state index contributed by atoms with van der Waals surface area (Å²) < 4.78 is 41.9. The molecule has 0 amide bonds. The lowest BCUT2D eigenvalue weighted by Gasteiger charge is -2.33. The number of anilines is 1. The van der Waals surface area contributed by atoms with Crippen LogP contribution in [-0.4, -0.2) is 46.2 Å². The van der Waals surface area contributed by atoms with Crippen LogP contribution in [0.5, 0.6) is 0 Å². The standard InChI is InChI=1S/C20H24ClFN6O2S/c1-2-7-31(29,30)28-17-6-4-3-5-16(17)26-20-15(22)11-25-19(27-20)14-10-24-18-13(14)8-12(21)9-23-18/h8-11,16-17,28H,2-7H2,1H3,(H,23,24)(H,25,26,27)/t16-,17-/m1/s1. The molecule has 0 bridgehead atoms. The summed E-state index contributed by atoms with van der Waals surface area (Å²) in [5, 5.41) is 4.32. The summed E-state index contributed by atoms with van der Waals surface area (Å²) in [5.41, 5.74) is 1.27. The number of H-pyrrole nitrogens is 1. The number of sulfonamides is 1. The molecule has 3 N–H and O–H groups in total. The average Bonchev–Trinajstić information content (AvgIpc) is 3.14. The summed E-state index contributed by atoms with van der Waals surface area (Å²) in [6, 6.07) is 1.16. The van der Waals surface area contributed by atoms with E-state index in [1.807, 2.05) is 6.92 Å². The third-order valence-corrected chi connectivity index (χ3v) is 7.19. The lowest BCUT2D eigenvalue weighted by atomic mass is 9.91. The number of nitrogens with zero attached hydrogens (tertiary/aromatic N) is 3. The highest BCUT2D eigenvalue weighted by atomic mass is 35.5. The zero-order chi connectivity index (χ0) is 22.0. The quantitative estimate of drug-likeness (QED) is 0.487. The SMILES string of the molecule is CCCS(=O)(=O)N[C@@H]1CCCC[C@H]1Nc1nc(-c2c[nH]c3ncc(Cl)cc23)ncc1F. The van der Waals surface area contributed by atoms with Crippen LogP contribution in [0.15, 0.2) is 24.7 Å². The molecule has 0 aliphatic heterocycles. The fraction of sp³-hybridized carbons (Fsp3) is 0.450. The molecule has 1 aliphatic rings. The van der Waals surface area contributed by atoms with E-state index >= 15 is 0 Å². The van der Waals surface area contributed by atoms with Gasteiger partial charge in [-0.05, 0) is 25.3 Å². The van der Waals surface area contributed by atoms with Crippen molar-refractivity contribution >= 4 is 38.5 Å². The van der Waals surface area contributed by atoms with Crippen LogP contribution in [0.25, 0.3) is 22.4 Å². The smallest absolute Gasteiger partial charge is 0.211 e. The summed E-state index contributed by atoms with van der Waals surface area (Å²) in [6.07, 6.45) is 8.12. The van der Waals surface area contributed by atoms with Gasteiger partial charge in [0.05, 0.1) is 17.0 Å². The van der Waals surface area contributed by atoms with Gasteiger partial charge >= 0.3 is 0 Å². The molecule has 3 aromatic heterocycles. The first-order valence-corrected chi connectivity index (χ1v) is 12.3. The Kier molecular flexibility index (Phi) is 6.40. The van der Waals surface area contributed by atoms with Crippen molar-refractivity contribution in [1.29, 1.82) is 0 Å². The first-order valence-electron chi connectivity index (χ1n) is 10.3. The third kappa shape index (κ3) is 4.97. The van der Waals surface area contributed by atoms with Crippen LogP contribution >= 0.6 is 11.6 Å². The number of fused-ring (bicyclic) bond motifs is 1. The molecule has 0 spiro atoms. The van der Waals surface area contributed by atoms with E-state index in [-0.39, 0.29) is 23.7 Å². The lowest BCUT2D eigenvalue weighted by molar-refractivity contribution is 0.377. The molecule has 3 aromatic rings. The molecule has 0 aromatic carbocycles. The second-order valence-corrected chi connectivity index (χ2v) is 10.0. The van der Waals surface area contributed by atoms with Crippen LogP contribution in [0.4, 0.5) is 10.2 Å².